The Hall–Kier alpha value is -1.62. The average molecular weight is 252 g/mol. The minimum Gasteiger partial charge on any atom is -0.385 e. The molecule has 5 heteroatoms. The van der Waals surface area contributed by atoms with Gasteiger partial charge in [0, 0.05) is 31.7 Å². The number of halogens is 1. The molecule has 0 radical (unpaired) electrons. The first-order valence-electron chi connectivity index (χ1n) is 6.10. The second kappa shape index (κ2) is 6.35. The molecule has 0 unspecified atom stereocenters. The van der Waals surface area contributed by atoms with E-state index < -0.39 is 0 Å². The molecule has 2 rings (SSSR count). The van der Waals surface area contributed by atoms with E-state index in [2.05, 4.69) is 5.32 Å². The molecule has 0 bridgehead atoms. The van der Waals surface area contributed by atoms with Crippen molar-refractivity contribution in [2.24, 2.45) is 0 Å². The Bertz CT molecular complexity index is 388. The second-order valence-corrected chi connectivity index (χ2v) is 4.18. The van der Waals surface area contributed by atoms with Crippen LogP contribution in [0.4, 0.5) is 10.1 Å². The van der Waals surface area contributed by atoms with Crippen LogP contribution in [0.2, 0.25) is 0 Å². The first-order valence-corrected chi connectivity index (χ1v) is 6.10. The lowest BCUT2D eigenvalue weighted by Crippen LogP contribution is -2.41. The van der Waals surface area contributed by atoms with Gasteiger partial charge in [-0.2, -0.15) is 0 Å². The number of anilines is 1. The number of nitrogens with zero attached hydrogens (tertiary/aromatic N) is 1. The van der Waals surface area contributed by atoms with Gasteiger partial charge in [-0.1, -0.05) is 0 Å². The molecule has 1 aliphatic heterocycles. The highest BCUT2D eigenvalue weighted by Crippen LogP contribution is 2.08. The number of carbonyl (C=O) groups is 1. The summed E-state index contributed by atoms with van der Waals surface area (Å²) >= 11 is 0. The third kappa shape index (κ3) is 3.70. The van der Waals surface area contributed by atoms with E-state index in [9.17, 15) is 9.18 Å². The van der Waals surface area contributed by atoms with Crippen molar-refractivity contribution in [1.29, 1.82) is 0 Å². The average Bonchev–Trinajstić information content (AvgIpc) is 2.42. The predicted molar refractivity (Wildman–Crippen MR) is 66.9 cm³/mol. The van der Waals surface area contributed by atoms with Crippen molar-refractivity contribution in [1.82, 2.24) is 4.90 Å². The highest BCUT2D eigenvalue weighted by Gasteiger charge is 2.15. The SMILES string of the molecule is O=C(CCNc1ccc(F)cc1)N1CCOCC1. The number of carbonyl (C=O) groups excluding carboxylic acids is 1. The maximum atomic E-state index is 12.7. The third-order valence-electron chi connectivity index (χ3n) is 2.88. The smallest absolute Gasteiger partial charge is 0.224 e. The molecule has 4 nitrogen and oxygen atoms in total. The molecule has 1 heterocycles. The van der Waals surface area contributed by atoms with E-state index in [1.54, 1.807) is 12.1 Å². The highest BCUT2D eigenvalue weighted by atomic mass is 19.1. The lowest BCUT2D eigenvalue weighted by Gasteiger charge is -2.26. The lowest BCUT2D eigenvalue weighted by molar-refractivity contribution is -0.134. The molecule has 1 aliphatic rings. The number of rotatable bonds is 4. The van der Waals surface area contributed by atoms with Gasteiger partial charge in [0.1, 0.15) is 5.82 Å². The normalized spacial score (nSPS) is 15.5. The minimum absolute atomic E-state index is 0.132. The summed E-state index contributed by atoms with van der Waals surface area (Å²) in [7, 11) is 0. The van der Waals surface area contributed by atoms with Gasteiger partial charge in [-0.25, -0.2) is 4.39 Å². The van der Waals surface area contributed by atoms with Crippen LogP contribution in [0, 0.1) is 5.82 Å². The van der Waals surface area contributed by atoms with Crippen LogP contribution in [0.1, 0.15) is 6.42 Å². The van der Waals surface area contributed by atoms with E-state index in [1.807, 2.05) is 4.90 Å². The van der Waals surface area contributed by atoms with Gasteiger partial charge in [-0.15, -0.1) is 0 Å². The topological polar surface area (TPSA) is 41.6 Å². The van der Waals surface area contributed by atoms with Crippen LogP contribution >= 0.6 is 0 Å². The van der Waals surface area contributed by atoms with Crippen LogP contribution < -0.4 is 5.32 Å². The monoisotopic (exact) mass is 252 g/mol. The zero-order chi connectivity index (χ0) is 12.8. The molecule has 0 aliphatic carbocycles. The maximum absolute atomic E-state index is 12.7. The summed E-state index contributed by atoms with van der Waals surface area (Å²) in [4.78, 5) is 13.6. The number of amides is 1. The lowest BCUT2D eigenvalue weighted by atomic mass is 10.3. The molecule has 0 saturated carbocycles. The zero-order valence-electron chi connectivity index (χ0n) is 10.2. The van der Waals surface area contributed by atoms with E-state index in [4.69, 9.17) is 4.74 Å². The number of hydrogen-bond acceptors (Lipinski definition) is 3. The molecule has 1 aromatic carbocycles. The highest BCUT2D eigenvalue weighted by molar-refractivity contribution is 5.76. The van der Waals surface area contributed by atoms with Gasteiger partial charge in [0.05, 0.1) is 13.2 Å². The van der Waals surface area contributed by atoms with E-state index in [1.165, 1.54) is 12.1 Å². The summed E-state index contributed by atoms with van der Waals surface area (Å²) in [6, 6.07) is 6.11. The molecule has 0 spiro atoms. The Labute approximate surface area is 106 Å². The van der Waals surface area contributed by atoms with E-state index in [0.717, 1.165) is 5.69 Å². The third-order valence-corrected chi connectivity index (χ3v) is 2.88. The van der Waals surface area contributed by atoms with Crippen molar-refractivity contribution in [3.8, 4) is 0 Å². The fraction of sp³-hybridized carbons (Fsp3) is 0.462. The molecular weight excluding hydrogens is 235 g/mol. The van der Waals surface area contributed by atoms with E-state index >= 15 is 0 Å². The molecular formula is C13H17FN2O2. The van der Waals surface area contributed by atoms with Crippen molar-refractivity contribution in [3.05, 3.63) is 30.1 Å². The van der Waals surface area contributed by atoms with Crippen LogP contribution in [0.15, 0.2) is 24.3 Å². The predicted octanol–water partition coefficient (Wildman–Crippen LogP) is 1.49. The summed E-state index contributed by atoms with van der Waals surface area (Å²) in [5.74, 6) is -0.127. The first kappa shape index (κ1) is 12.8. The number of ether oxygens (including phenoxy) is 1. The molecule has 1 amide bonds. The van der Waals surface area contributed by atoms with Gasteiger partial charge in [0.25, 0.3) is 0 Å². The van der Waals surface area contributed by atoms with Crippen LogP contribution in [0.25, 0.3) is 0 Å². The molecule has 0 aromatic heterocycles. The minimum atomic E-state index is -0.259. The Morgan fingerprint density at radius 3 is 2.61 bits per heavy atom. The van der Waals surface area contributed by atoms with Gasteiger partial charge in [0.15, 0.2) is 0 Å². The molecule has 18 heavy (non-hydrogen) atoms. The first-order chi connectivity index (χ1) is 8.75. The van der Waals surface area contributed by atoms with Gasteiger partial charge < -0.3 is 15.0 Å². The standard InChI is InChI=1S/C13H17FN2O2/c14-11-1-3-12(4-2-11)15-6-5-13(17)16-7-9-18-10-8-16/h1-4,15H,5-10H2. The van der Waals surface area contributed by atoms with Gasteiger partial charge in [-0.05, 0) is 24.3 Å². The van der Waals surface area contributed by atoms with Crippen molar-refractivity contribution < 1.29 is 13.9 Å². The summed E-state index contributed by atoms with van der Waals surface area (Å²) in [6.07, 6.45) is 0.442. The number of morpholine rings is 1. The molecule has 1 N–H and O–H groups in total. The van der Waals surface area contributed by atoms with Crippen molar-refractivity contribution in [2.75, 3.05) is 38.2 Å². The van der Waals surface area contributed by atoms with Gasteiger partial charge in [-0.3, -0.25) is 4.79 Å². The molecule has 98 valence electrons. The Morgan fingerprint density at radius 1 is 1.28 bits per heavy atom. The quantitative estimate of drug-likeness (QED) is 0.882. The van der Waals surface area contributed by atoms with Crippen molar-refractivity contribution >= 4 is 11.6 Å². The molecule has 1 aromatic rings. The number of benzene rings is 1. The summed E-state index contributed by atoms with van der Waals surface area (Å²) < 4.78 is 17.9. The molecule has 1 fully saturated rings. The zero-order valence-corrected chi connectivity index (χ0v) is 10.2. The van der Waals surface area contributed by atoms with E-state index in [0.29, 0.717) is 39.3 Å². The Kier molecular flexibility index (Phi) is 4.52. The summed E-state index contributed by atoms with van der Waals surface area (Å²) in [5.41, 5.74) is 0.825. The van der Waals surface area contributed by atoms with Crippen LogP contribution in [-0.4, -0.2) is 43.7 Å². The van der Waals surface area contributed by atoms with E-state index in [-0.39, 0.29) is 11.7 Å². The molecule has 0 atom stereocenters. The largest absolute Gasteiger partial charge is 0.385 e. The molecule has 1 saturated heterocycles. The van der Waals surface area contributed by atoms with Gasteiger partial charge in [0.2, 0.25) is 5.91 Å². The Balaban J connectivity index is 1.71. The summed E-state index contributed by atoms with van der Waals surface area (Å²) in [6.45, 7) is 3.15. The fourth-order valence-electron chi connectivity index (χ4n) is 1.85. The van der Waals surface area contributed by atoms with Crippen LogP contribution in [-0.2, 0) is 9.53 Å². The number of nitrogens with one attached hydrogen (secondary N) is 1. The van der Waals surface area contributed by atoms with Gasteiger partial charge >= 0.3 is 0 Å². The maximum Gasteiger partial charge on any atom is 0.224 e. The number of hydrogen-bond donors (Lipinski definition) is 1. The van der Waals surface area contributed by atoms with Crippen LogP contribution in [0.5, 0.6) is 0 Å². The van der Waals surface area contributed by atoms with Crippen LogP contribution in [0.3, 0.4) is 0 Å². The summed E-state index contributed by atoms with van der Waals surface area (Å²) in [5, 5.41) is 3.10. The Morgan fingerprint density at radius 2 is 1.94 bits per heavy atom. The van der Waals surface area contributed by atoms with Crippen molar-refractivity contribution in [2.45, 2.75) is 6.42 Å². The fourth-order valence-corrected chi connectivity index (χ4v) is 1.85. The second-order valence-electron chi connectivity index (χ2n) is 4.18. The van der Waals surface area contributed by atoms with Crippen molar-refractivity contribution in [3.63, 3.8) is 0 Å².